The number of carbonyl (C=O) groups excluding carboxylic acids is 1. The van der Waals surface area contributed by atoms with Crippen LogP contribution in [0.5, 0.6) is 0 Å². The first-order valence-electron chi connectivity index (χ1n) is 8.94. The van der Waals surface area contributed by atoms with E-state index in [-0.39, 0.29) is 17.5 Å². The number of carbonyl (C=O) groups is 1. The molecule has 6 nitrogen and oxygen atoms in total. The number of benzene rings is 2. The predicted octanol–water partition coefficient (Wildman–Crippen LogP) is 4.43. The Balaban J connectivity index is 1.94. The first kappa shape index (κ1) is 18.3. The lowest BCUT2D eigenvalue weighted by Gasteiger charge is -2.09. The molecule has 0 fully saturated rings. The Morgan fingerprint density at radius 3 is 2.39 bits per heavy atom. The largest absolute Gasteiger partial charge is 0.459 e. The minimum Gasteiger partial charge on any atom is -0.459 e. The summed E-state index contributed by atoms with van der Waals surface area (Å²) in [6.07, 6.45) is -0.269. The Labute approximate surface area is 166 Å². The molecule has 0 amide bonds. The quantitative estimate of drug-likeness (QED) is 0.517. The smallest absolute Gasteiger partial charge is 0.344 e. The van der Waals surface area contributed by atoms with Crippen LogP contribution in [0.4, 0.5) is 5.82 Å². The molecule has 0 atom stereocenters. The van der Waals surface area contributed by atoms with E-state index in [1.807, 2.05) is 48.5 Å². The summed E-state index contributed by atoms with van der Waals surface area (Å²) in [7, 11) is 0. The van der Waals surface area contributed by atoms with E-state index >= 15 is 0 Å². The number of aromatic nitrogens is 3. The van der Waals surface area contributed by atoms with Gasteiger partial charge < -0.3 is 15.0 Å². The van der Waals surface area contributed by atoms with E-state index in [9.17, 15) is 4.79 Å². The highest BCUT2D eigenvalue weighted by Crippen LogP contribution is 2.29. The maximum absolute atomic E-state index is 12.7. The summed E-state index contributed by atoms with van der Waals surface area (Å²) in [5.74, 6) is -0.220. The molecule has 0 spiro atoms. The second kappa shape index (κ2) is 7.13. The number of esters is 1. The number of hydrogen-bond donors (Lipinski definition) is 1. The monoisotopic (exact) mass is 394 g/mol. The second-order valence-electron chi connectivity index (χ2n) is 6.81. The van der Waals surface area contributed by atoms with Crippen LogP contribution in [-0.4, -0.2) is 26.6 Å². The van der Waals surface area contributed by atoms with Gasteiger partial charge in [0.15, 0.2) is 5.65 Å². The van der Waals surface area contributed by atoms with Crippen molar-refractivity contribution in [2.24, 2.45) is 0 Å². The fourth-order valence-corrected chi connectivity index (χ4v) is 3.25. The fraction of sp³-hybridized carbons (Fsp3) is 0.190. The van der Waals surface area contributed by atoms with Crippen LogP contribution in [0.1, 0.15) is 29.8 Å². The zero-order valence-corrected chi connectivity index (χ0v) is 16.3. The molecular weight excluding hydrogens is 376 g/mol. The van der Waals surface area contributed by atoms with E-state index in [0.717, 1.165) is 11.1 Å². The van der Waals surface area contributed by atoms with Gasteiger partial charge in [-0.1, -0.05) is 35.9 Å². The minimum absolute atomic E-state index is 0.246. The number of nitrogen functional groups attached to an aromatic ring is 1. The van der Waals surface area contributed by atoms with Crippen LogP contribution in [0.25, 0.3) is 22.2 Å². The summed E-state index contributed by atoms with van der Waals surface area (Å²) >= 11 is 5.99. The van der Waals surface area contributed by atoms with Crippen LogP contribution in [0.15, 0.2) is 48.5 Å². The number of ether oxygens (including phenoxy) is 1. The fourth-order valence-electron chi connectivity index (χ4n) is 3.12. The second-order valence-corrected chi connectivity index (χ2v) is 7.25. The molecule has 0 aliphatic rings. The molecule has 2 aromatic heterocycles. The van der Waals surface area contributed by atoms with Gasteiger partial charge >= 0.3 is 5.97 Å². The normalized spacial score (nSPS) is 11.4. The van der Waals surface area contributed by atoms with Crippen LogP contribution >= 0.6 is 11.6 Å². The summed E-state index contributed by atoms with van der Waals surface area (Å²) in [6, 6.07) is 15.0. The number of hydrogen-bond acceptors (Lipinski definition) is 5. The van der Waals surface area contributed by atoms with Crippen molar-refractivity contribution in [3.8, 4) is 0 Å². The third kappa shape index (κ3) is 3.27. The Bertz CT molecular complexity index is 1180. The SMILES string of the molecule is CC(C)OC(=O)c1c(N)n(Cc2ccc(Cl)cc2)c2nc3ccccc3nc12. The van der Waals surface area contributed by atoms with E-state index in [2.05, 4.69) is 4.98 Å². The number of halogens is 1. The van der Waals surface area contributed by atoms with Gasteiger partial charge in [-0.25, -0.2) is 14.8 Å². The third-order valence-corrected chi connectivity index (χ3v) is 4.64. The molecule has 2 N–H and O–H groups in total. The standard InChI is InChI=1S/C21H19ClN4O2/c1-12(2)28-21(27)17-18-20(25-16-6-4-3-5-15(16)24-18)26(19(17)23)11-13-7-9-14(22)10-8-13/h3-10,12H,11,23H2,1-2H3. The molecule has 2 heterocycles. The number of anilines is 1. The van der Waals surface area contributed by atoms with Crippen molar-refractivity contribution in [2.45, 2.75) is 26.5 Å². The van der Waals surface area contributed by atoms with Crippen LogP contribution in [0.3, 0.4) is 0 Å². The highest BCUT2D eigenvalue weighted by Gasteiger charge is 2.25. The molecular formula is C21H19ClN4O2. The van der Waals surface area contributed by atoms with Crippen molar-refractivity contribution < 1.29 is 9.53 Å². The molecule has 0 radical (unpaired) electrons. The molecule has 142 valence electrons. The molecule has 4 rings (SSSR count). The number of fused-ring (bicyclic) bond motifs is 2. The van der Waals surface area contributed by atoms with Gasteiger partial charge in [0.25, 0.3) is 0 Å². The highest BCUT2D eigenvalue weighted by molar-refractivity contribution is 6.30. The van der Waals surface area contributed by atoms with Gasteiger partial charge in [0.05, 0.1) is 23.7 Å². The molecule has 0 bridgehead atoms. The Morgan fingerprint density at radius 1 is 1.11 bits per heavy atom. The first-order chi connectivity index (χ1) is 13.4. The Kier molecular flexibility index (Phi) is 4.65. The molecule has 0 aliphatic heterocycles. The molecule has 7 heteroatoms. The average Bonchev–Trinajstić information content (AvgIpc) is 2.92. The summed E-state index contributed by atoms with van der Waals surface area (Å²) in [5, 5.41) is 0.654. The maximum atomic E-state index is 12.7. The van der Waals surface area contributed by atoms with Gasteiger partial charge in [0.2, 0.25) is 0 Å². The Morgan fingerprint density at radius 2 is 1.75 bits per heavy atom. The first-order valence-corrected chi connectivity index (χ1v) is 9.31. The zero-order valence-electron chi connectivity index (χ0n) is 15.5. The zero-order chi connectivity index (χ0) is 19.8. The molecule has 0 saturated carbocycles. The molecule has 0 unspecified atom stereocenters. The highest BCUT2D eigenvalue weighted by atomic mass is 35.5. The van der Waals surface area contributed by atoms with Crippen LogP contribution in [0.2, 0.25) is 5.02 Å². The average molecular weight is 395 g/mol. The van der Waals surface area contributed by atoms with Crippen LogP contribution in [-0.2, 0) is 11.3 Å². The summed E-state index contributed by atoms with van der Waals surface area (Å²) in [6.45, 7) is 4.02. The number of nitrogens with zero attached hydrogens (tertiary/aromatic N) is 3. The lowest BCUT2D eigenvalue weighted by molar-refractivity contribution is 0.0381. The van der Waals surface area contributed by atoms with Gasteiger partial charge in [-0.05, 0) is 43.7 Å². The van der Waals surface area contributed by atoms with Crippen molar-refractivity contribution in [1.82, 2.24) is 14.5 Å². The van der Waals surface area contributed by atoms with Crippen molar-refractivity contribution >= 4 is 45.6 Å². The van der Waals surface area contributed by atoms with Gasteiger partial charge in [-0.2, -0.15) is 0 Å². The van der Waals surface area contributed by atoms with Crippen LogP contribution in [0, 0.1) is 0 Å². The van der Waals surface area contributed by atoms with Gasteiger partial charge in [-0.3, -0.25) is 0 Å². The molecule has 2 aromatic carbocycles. The van der Waals surface area contributed by atoms with Gasteiger partial charge in [0.1, 0.15) is 16.9 Å². The van der Waals surface area contributed by atoms with Gasteiger partial charge in [0, 0.05) is 5.02 Å². The van der Waals surface area contributed by atoms with E-state index in [0.29, 0.717) is 28.2 Å². The van der Waals surface area contributed by atoms with Crippen molar-refractivity contribution in [1.29, 1.82) is 0 Å². The van der Waals surface area contributed by atoms with Crippen molar-refractivity contribution in [3.05, 3.63) is 64.7 Å². The minimum atomic E-state index is -0.503. The summed E-state index contributed by atoms with van der Waals surface area (Å²) < 4.78 is 7.19. The van der Waals surface area contributed by atoms with E-state index in [1.165, 1.54) is 0 Å². The number of rotatable bonds is 4. The molecule has 0 saturated heterocycles. The molecule has 0 aliphatic carbocycles. The van der Waals surface area contributed by atoms with E-state index in [1.54, 1.807) is 18.4 Å². The number of para-hydroxylation sites is 2. The third-order valence-electron chi connectivity index (χ3n) is 4.39. The lowest BCUT2D eigenvalue weighted by atomic mass is 10.2. The number of nitrogens with two attached hydrogens (primary N) is 1. The maximum Gasteiger partial charge on any atom is 0.344 e. The summed E-state index contributed by atoms with van der Waals surface area (Å²) in [4.78, 5) is 22.1. The van der Waals surface area contributed by atoms with E-state index in [4.69, 9.17) is 27.1 Å². The molecule has 4 aromatic rings. The van der Waals surface area contributed by atoms with E-state index < -0.39 is 5.97 Å². The predicted molar refractivity (Wildman–Crippen MR) is 111 cm³/mol. The lowest BCUT2D eigenvalue weighted by Crippen LogP contribution is -2.14. The van der Waals surface area contributed by atoms with Crippen molar-refractivity contribution in [2.75, 3.05) is 5.73 Å². The molecule has 28 heavy (non-hydrogen) atoms. The van der Waals surface area contributed by atoms with Crippen molar-refractivity contribution in [3.63, 3.8) is 0 Å². The topological polar surface area (TPSA) is 83.0 Å². The summed E-state index contributed by atoms with van der Waals surface area (Å²) in [5.41, 5.74) is 10.0. The Hall–Kier alpha value is -3.12. The van der Waals surface area contributed by atoms with Gasteiger partial charge in [-0.15, -0.1) is 0 Å². The van der Waals surface area contributed by atoms with Crippen LogP contribution < -0.4 is 5.73 Å².